The van der Waals surface area contributed by atoms with Crippen molar-refractivity contribution in [3.05, 3.63) is 60.0 Å². The lowest BCUT2D eigenvalue weighted by Crippen LogP contribution is -2.33. The van der Waals surface area contributed by atoms with Crippen LogP contribution in [0.5, 0.6) is 11.5 Å². The Balaban J connectivity index is 1.55. The minimum absolute atomic E-state index is 0.126. The summed E-state index contributed by atoms with van der Waals surface area (Å²) in [5.41, 5.74) is -0.204. The number of benzene rings is 2. The number of hydrogen-bond donors (Lipinski definition) is 1. The lowest BCUT2D eigenvalue weighted by atomic mass is 10.2. The molecule has 0 amide bonds. The summed E-state index contributed by atoms with van der Waals surface area (Å²) in [7, 11) is 3.25. The van der Waals surface area contributed by atoms with Crippen LogP contribution in [0.25, 0.3) is 11.4 Å². The number of alkyl halides is 3. The predicted octanol–water partition coefficient (Wildman–Crippen LogP) is 3.64. The van der Waals surface area contributed by atoms with Crippen molar-refractivity contribution in [2.24, 2.45) is 0 Å². The zero-order chi connectivity index (χ0) is 22.4. The molecule has 1 N–H and O–H groups in total. The number of halogens is 3. The van der Waals surface area contributed by atoms with Gasteiger partial charge >= 0.3 is 6.18 Å². The van der Waals surface area contributed by atoms with Crippen LogP contribution < -0.4 is 9.47 Å². The van der Waals surface area contributed by atoms with E-state index in [2.05, 4.69) is 10.1 Å². The highest BCUT2D eigenvalue weighted by molar-refractivity contribution is 5.63. The molecule has 0 aliphatic rings. The minimum Gasteiger partial charge on any atom is -0.496 e. The van der Waals surface area contributed by atoms with Crippen molar-refractivity contribution in [2.45, 2.75) is 18.8 Å². The van der Waals surface area contributed by atoms with Gasteiger partial charge in [0.05, 0.1) is 24.8 Å². The van der Waals surface area contributed by atoms with Crippen molar-refractivity contribution in [1.29, 1.82) is 0 Å². The van der Waals surface area contributed by atoms with Gasteiger partial charge in [-0.1, -0.05) is 29.4 Å². The number of methoxy groups -OCH3 is 1. The van der Waals surface area contributed by atoms with Crippen molar-refractivity contribution in [1.82, 2.24) is 15.0 Å². The zero-order valence-corrected chi connectivity index (χ0v) is 17.0. The minimum atomic E-state index is -4.53. The SMILES string of the molecule is COc1ccccc1-c1noc(CN(C)CC(O)COc2ccccc2C(F)(F)F)n1. The second-order valence-corrected chi connectivity index (χ2v) is 6.87. The van der Waals surface area contributed by atoms with Crippen LogP contribution in [0.15, 0.2) is 53.1 Å². The maximum atomic E-state index is 13.0. The number of nitrogens with zero attached hydrogens (tertiary/aromatic N) is 3. The topological polar surface area (TPSA) is 80.9 Å². The van der Waals surface area contributed by atoms with Crippen LogP contribution in [0.4, 0.5) is 13.2 Å². The number of aliphatic hydroxyl groups excluding tert-OH is 1. The summed E-state index contributed by atoms with van der Waals surface area (Å²) in [6, 6.07) is 12.1. The molecule has 2 aromatic carbocycles. The number of hydrogen-bond acceptors (Lipinski definition) is 7. The Kier molecular flexibility index (Phi) is 7.13. The van der Waals surface area contributed by atoms with Gasteiger partial charge in [-0.2, -0.15) is 18.2 Å². The van der Waals surface area contributed by atoms with Gasteiger partial charge in [-0.3, -0.25) is 4.90 Å². The molecule has 0 saturated heterocycles. The van der Waals surface area contributed by atoms with E-state index in [4.69, 9.17) is 14.0 Å². The third-order valence-corrected chi connectivity index (χ3v) is 4.37. The molecule has 166 valence electrons. The van der Waals surface area contributed by atoms with Crippen molar-refractivity contribution in [3.8, 4) is 22.9 Å². The molecule has 7 nitrogen and oxygen atoms in total. The summed E-state index contributed by atoms with van der Waals surface area (Å²) in [5, 5.41) is 14.1. The average Bonchev–Trinajstić information content (AvgIpc) is 3.19. The van der Waals surface area contributed by atoms with Gasteiger partial charge in [-0.25, -0.2) is 0 Å². The van der Waals surface area contributed by atoms with Gasteiger partial charge < -0.3 is 19.1 Å². The van der Waals surface area contributed by atoms with E-state index in [1.807, 2.05) is 12.1 Å². The summed E-state index contributed by atoms with van der Waals surface area (Å²) < 4.78 is 54.8. The van der Waals surface area contributed by atoms with Gasteiger partial charge in [0.1, 0.15) is 24.2 Å². The van der Waals surface area contributed by atoms with E-state index in [1.54, 1.807) is 31.2 Å². The van der Waals surface area contributed by atoms with E-state index in [9.17, 15) is 18.3 Å². The molecule has 0 aliphatic carbocycles. The number of aromatic nitrogens is 2. The van der Waals surface area contributed by atoms with E-state index >= 15 is 0 Å². The highest BCUT2D eigenvalue weighted by atomic mass is 19.4. The molecule has 0 saturated carbocycles. The maximum Gasteiger partial charge on any atom is 0.419 e. The van der Waals surface area contributed by atoms with Gasteiger partial charge in [0.15, 0.2) is 0 Å². The normalized spacial score (nSPS) is 12.7. The summed E-state index contributed by atoms with van der Waals surface area (Å²) in [6.07, 6.45) is -5.56. The van der Waals surface area contributed by atoms with Crippen LogP contribution in [-0.2, 0) is 12.7 Å². The molecule has 1 atom stereocenters. The molecule has 31 heavy (non-hydrogen) atoms. The van der Waals surface area contributed by atoms with Crippen molar-refractivity contribution in [3.63, 3.8) is 0 Å². The molecule has 1 heterocycles. The molecule has 0 spiro atoms. The number of ether oxygens (including phenoxy) is 2. The van der Waals surface area contributed by atoms with E-state index < -0.39 is 17.8 Å². The van der Waals surface area contributed by atoms with E-state index in [0.29, 0.717) is 23.0 Å². The third-order valence-electron chi connectivity index (χ3n) is 4.37. The predicted molar refractivity (Wildman–Crippen MR) is 106 cm³/mol. The highest BCUT2D eigenvalue weighted by Gasteiger charge is 2.34. The summed E-state index contributed by atoms with van der Waals surface area (Å²) >= 11 is 0. The first-order valence-corrected chi connectivity index (χ1v) is 9.39. The molecule has 1 unspecified atom stereocenters. The number of likely N-dealkylation sites (N-methyl/N-ethyl adjacent to an activating group) is 1. The molecule has 0 radical (unpaired) electrons. The number of para-hydroxylation sites is 2. The summed E-state index contributed by atoms with van der Waals surface area (Å²) in [5.74, 6) is 0.970. The van der Waals surface area contributed by atoms with Crippen LogP contribution in [0.3, 0.4) is 0 Å². The molecule has 0 fully saturated rings. The fourth-order valence-corrected chi connectivity index (χ4v) is 2.98. The second kappa shape index (κ2) is 9.80. The largest absolute Gasteiger partial charge is 0.496 e. The van der Waals surface area contributed by atoms with Crippen molar-refractivity contribution < 1.29 is 32.3 Å². The van der Waals surface area contributed by atoms with E-state index in [1.165, 1.54) is 18.2 Å². The van der Waals surface area contributed by atoms with E-state index in [-0.39, 0.29) is 25.4 Å². The maximum absolute atomic E-state index is 13.0. The average molecular weight is 437 g/mol. The Morgan fingerprint density at radius 2 is 1.77 bits per heavy atom. The lowest BCUT2D eigenvalue weighted by Gasteiger charge is -2.20. The Morgan fingerprint density at radius 3 is 2.48 bits per heavy atom. The fraction of sp³-hybridized carbons (Fsp3) is 0.333. The Morgan fingerprint density at radius 1 is 1.10 bits per heavy atom. The fourth-order valence-electron chi connectivity index (χ4n) is 2.98. The van der Waals surface area contributed by atoms with Crippen LogP contribution in [0.1, 0.15) is 11.5 Å². The standard InChI is InChI=1S/C21H22F3N3O4/c1-27(11-14(28)13-30-18-10-6-4-8-16(18)21(22,23)24)12-19-25-20(26-31-19)15-7-3-5-9-17(15)29-2/h3-10,14,28H,11-13H2,1-2H3. The van der Waals surface area contributed by atoms with Crippen LogP contribution in [0.2, 0.25) is 0 Å². The van der Waals surface area contributed by atoms with Crippen molar-refractivity contribution >= 4 is 0 Å². The lowest BCUT2D eigenvalue weighted by molar-refractivity contribution is -0.139. The van der Waals surface area contributed by atoms with Crippen LogP contribution >= 0.6 is 0 Å². The van der Waals surface area contributed by atoms with Gasteiger partial charge in [0.2, 0.25) is 11.7 Å². The third kappa shape index (κ3) is 5.96. The molecule has 0 aliphatic heterocycles. The zero-order valence-electron chi connectivity index (χ0n) is 17.0. The molecule has 0 bridgehead atoms. The highest BCUT2D eigenvalue weighted by Crippen LogP contribution is 2.35. The molecule has 3 aromatic rings. The number of aliphatic hydroxyl groups is 1. The molecular weight excluding hydrogens is 415 g/mol. The van der Waals surface area contributed by atoms with Gasteiger partial charge in [0.25, 0.3) is 0 Å². The number of rotatable bonds is 9. The Bertz CT molecular complexity index is 994. The van der Waals surface area contributed by atoms with Crippen LogP contribution in [0, 0.1) is 0 Å². The summed E-state index contributed by atoms with van der Waals surface area (Å²) in [4.78, 5) is 6.03. The first kappa shape index (κ1) is 22.6. The van der Waals surface area contributed by atoms with Gasteiger partial charge in [-0.15, -0.1) is 0 Å². The Hall–Kier alpha value is -3.11. The second-order valence-electron chi connectivity index (χ2n) is 6.87. The molecule has 1 aromatic heterocycles. The van der Waals surface area contributed by atoms with Crippen molar-refractivity contribution in [2.75, 3.05) is 27.3 Å². The molecule has 3 rings (SSSR count). The first-order chi connectivity index (χ1) is 14.8. The first-order valence-electron chi connectivity index (χ1n) is 9.39. The van der Waals surface area contributed by atoms with Gasteiger partial charge in [0, 0.05) is 6.54 Å². The molecular formula is C21H22F3N3O4. The van der Waals surface area contributed by atoms with E-state index in [0.717, 1.165) is 6.07 Å². The Labute approximate surface area is 177 Å². The smallest absolute Gasteiger partial charge is 0.419 e. The van der Waals surface area contributed by atoms with Crippen LogP contribution in [-0.4, -0.2) is 53.6 Å². The molecule has 10 heteroatoms. The monoisotopic (exact) mass is 437 g/mol. The quantitative estimate of drug-likeness (QED) is 0.548. The van der Waals surface area contributed by atoms with Gasteiger partial charge in [-0.05, 0) is 31.3 Å². The summed E-state index contributed by atoms with van der Waals surface area (Å²) in [6.45, 7) is 0.0621.